The number of amides is 1. The summed E-state index contributed by atoms with van der Waals surface area (Å²) in [5.41, 5.74) is 2.29. The van der Waals surface area contributed by atoms with Crippen LogP contribution >= 0.6 is 0 Å². The molecule has 1 aliphatic rings. The van der Waals surface area contributed by atoms with E-state index in [1.807, 2.05) is 0 Å². The second-order valence-corrected chi connectivity index (χ2v) is 6.01. The molecule has 4 nitrogen and oxygen atoms in total. The van der Waals surface area contributed by atoms with E-state index < -0.39 is 0 Å². The highest BCUT2D eigenvalue weighted by Gasteiger charge is 2.10. The summed E-state index contributed by atoms with van der Waals surface area (Å²) in [7, 11) is 0. The van der Waals surface area contributed by atoms with Gasteiger partial charge in [-0.3, -0.25) is 4.79 Å². The van der Waals surface area contributed by atoms with Crippen molar-refractivity contribution in [1.82, 2.24) is 5.32 Å². The van der Waals surface area contributed by atoms with Crippen LogP contribution in [0.15, 0.2) is 24.3 Å². The second kappa shape index (κ2) is 9.34. The van der Waals surface area contributed by atoms with E-state index in [0.29, 0.717) is 6.54 Å². The van der Waals surface area contributed by atoms with Crippen LogP contribution in [0.2, 0.25) is 0 Å². The van der Waals surface area contributed by atoms with Crippen LogP contribution in [-0.2, 0) is 4.79 Å². The van der Waals surface area contributed by atoms with Gasteiger partial charge in [0, 0.05) is 31.0 Å². The number of carbonyl (C=O) groups excluding carboxylic acids is 1. The number of carbonyl (C=O) groups is 1. The lowest BCUT2D eigenvalue weighted by Crippen LogP contribution is -2.30. The molecule has 2 rings (SSSR count). The Labute approximate surface area is 134 Å². The smallest absolute Gasteiger partial charge is 0.239 e. The topological polar surface area (TPSA) is 44.4 Å². The fourth-order valence-corrected chi connectivity index (χ4v) is 2.79. The molecular formula is C18H29N3O. The summed E-state index contributed by atoms with van der Waals surface area (Å²) in [5.74, 6) is 0.0659. The van der Waals surface area contributed by atoms with Gasteiger partial charge in [-0.2, -0.15) is 0 Å². The molecule has 1 fully saturated rings. The van der Waals surface area contributed by atoms with Gasteiger partial charge in [-0.1, -0.05) is 19.8 Å². The molecule has 122 valence electrons. The molecule has 0 aliphatic carbocycles. The van der Waals surface area contributed by atoms with E-state index >= 15 is 0 Å². The SMILES string of the molecule is CCCCCNC(=O)CNc1ccc(N2CCCCC2)cc1. The number of nitrogens with one attached hydrogen (secondary N) is 2. The first-order chi connectivity index (χ1) is 10.8. The van der Waals surface area contributed by atoms with Crippen LogP contribution in [0.1, 0.15) is 45.4 Å². The average molecular weight is 303 g/mol. The maximum atomic E-state index is 11.7. The number of hydrogen-bond donors (Lipinski definition) is 2. The molecule has 1 aromatic rings. The Bertz CT molecular complexity index is 438. The van der Waals surface area contributed by atoms with Crippen molar-refractivity contribution in [3.8, 4) is 0 Å². The second-order valence-electron chi connectivity index (χ2n) is 6.01. The number of unbranched alkanes of at least 4 members (excludes halogenated alkanes) is 2. The summed E-state index contributed by atoms with van der Waals surface area (Å²) in [4.78, 5) is 14.2. The Hall–Kier alpha value is -1.71. The van der Waals surface area contributed by atoms with Gasteiger partial charge in [0.1, 0.15) is 0 Å². The lowest BCUT2D eigenvalue weighted by atomic mass is 10.1. The van der Waals surface area contributed by atoms with Crippen molar-refractivity contribution in [1.29, 1.82) is 0 Å². The fraction of sp³-hybridized carbons (Fsp3) is 0.611. The van der Waals surface area contributed by atoms with Crippen molar-refractivity contribution in [2.75, 3.05) is 36.4 Å². The van der Waals surface area contributed by atoms with Gasteiger partial charge in [0.25, 0.3) is 0 Å². The lowest BCUT2D eigenvalue weighted by molar-refractivity contribution is -0.119. The minimum atomic E-state index is 0.0659. The third-order valence-electron chi connectivity index (χ3n) is 4.14. The van der Waals surface area contributed by atoms with Gasteiger partial charge < -0.3 is 15.5 Å². The van der Waals surface area contributed by atoms with E-state index in [9.17, 15) is 4.79 Å². The Morgan fingerprint density at radius 1 is 1.09 bits per heavy atom. The highest BCUT2D eigenvalue weighted by atomic mass is 16.1. The summed E-state index contributed by atoms with van der Waals surface area (Å²) < 4.78 is 0. The van der Waals surface area contributed by atoms with Crippen LogP contribution in [0.5, 0.6) is 0 Å². The summed E-state index contributed by atoms with van der Waals surface area (Å²) in [6, 6.07) is 8.42. The largest absolute Gasteiger partial charge is 0.376 e. The van der Waals surface area contributed by atoms with Crippen molar-refractivity contribution in [3.05, 3.63) is 24.3 Å². The van der Waals surface area contributed by atoms with Crippen molar-refractivity contribution >= 4 is 17.3 Å². The van der Waals surface area contributed by atoms with Crippen LogP contribution in [0.3, 0.4) is 0 Å². The number of rotatable bonds is 8. The zero-order valence-corrected chi connectivity index (χ0v) is 13.7. The van der Waals surface area contributed by atoms with E-state index in [1.54, 1.807) is 0 Å². The molecule has 4 heteroatoms. The number of anilines is 2. The van der Waals surface area contributed by atoms with Gasteiger partial charge in [0.2, 0.25) is 5.91 Å². The van der Waals surface area contributed by atoms with E-state index in [4.69, 9.17) is 0 Å². The van der Waals surface area contributed by atoms with E-state index in [-0.39, 0.29) is 5.91 Å². The van der Waals surface area contributed by atoms with Crippen LogP contribution in [0, 0.1) is 0 Å². The van der Waals surface area contributed by atoms with Gasteiger partial charge in [-0.25, -0.2) is 0 Å². The first kappa shape index (κ1) is 16.7. The van der Waals surface area contributed by atoms with Crippen molar-refractivity contribution < 1.29 is 4.79 Å². The normalized spacial score (nSPS) is 14.7. The monoisotopic (exact) mass is 303 g/mol. The standard InChI is InChI=1S/C18H29N3O/c1-2-3-5-12-19-18(22)15-20-16-8-10-17(11-9-16)21-13-6-4-7-14-21/h8-11,20H,2-7,12-15H2,1H3,(H,19,22). The molecule has 1 saturated heterocycles. The molecule has 0 bridgehead atoms. The highest BCUT2D eigenvalue weighted by molar-refractivity contribution is 5.80. The first-order valence-corrected chi connectivity index (χ1v) is 8.65. The zero-order valence-electron chi connectivity index (χ0n) is 13.7. The third kappa shape index (κ3) is 5.58. The highest BCUT2D eigenvalue weighted by Crippen LogP contribution is 2.21. The Kier molecular flexibility index (Phi) is 7.07. The van der Waals surface area contributed by atoms with Gasteiger partial charge >= 0.3 is 0 Å². The van der Waals surface area contributed by atoms with E-state index in [0.717, 1.165) is 31.7 Å². The van der Waals surface area contributed by atoms with Crippen molar-refractivity contribution in [2.45, 2.75) is 45.4 Å². The fourth-order valence-electron chi connectivity index (χ4n) is 2.79. The molecule has 0 spiro atoms. The lowest BCUT2D eigenvalue weighted by Gasteiger charge is -2.28. The number of piperidine rings is 1. The molecule has 0 aromatic heterocycles. The third-order valence-corrected chi connectivity index (χ3v) is 4.14. The molecule has 0 unspecified atom stereocenters. The van der Waals surface area contributed by atoms with Gasteiger partial charge in [-0.05, 0) is 49.9 Å². The summed E-state index contributed by atoms with van der Waals surface area (Å²) in [5, 5.41) is 6.13. The van der Waals surface area contributed by atoms with Gasteiger partial charge in [0.05, 0.1) is 6.54 Å². The molecular weight excluding hydrogens is 274 g/mol. The minimum absolute atomic E-state index is 0.0659. The summed E-state index contributed by atoms with van der Waals surface area (Å²) in [6.07, 6.45) is 7.34. The molecule has 0 atom stereocenters. The summed E-state index contributed by atoms with van der Waals surface area (Å²) >= 11 is 0. The number of nitrogens with zero attached hydrogens (tertiary/aromatic N) is 1. The van der Waals surface area contributed by atoms with Crippen molar-refractivity contribution in [2.24, 2.45) is 0 Å². The van der Waals surface area contributed by atoms with Crippen LogP contribution in [-0.4, -0.2) is 32.1 Å². The molecule has 22 heavy (non-hydrogen) atoms. The Morgan fingerprint density at radius 3 is 2.50 bits per heavy atom. The van der Waals surface area contributed by atoms with Crippen LogP contribution < -0.4 is 15.5 Å². The molecule has 0 saturated carbocycles. The quantitative estimate of drug-likeness (QED) is 0.724. The predicted molar refractivity (Wildman–Crippen MR) is 93.5 cm³/mol. The maximum absolute atomic E-state index is 11.7. The maximum Gasteiger partial charge on any atom is 0.239 e. The predicted octanol–water partition coefficient (Wildman–Crippen LogP) is 3.40. The minimum Gasteiger partial charge on any atom is -0.376 e. The van der Waals surface area contributed by atoms with Gasteiger partial charge in [-0.15, -0.1) is 0 Å². The number of hydrogen-bond acceptors (Lipinski definition) is 3. The Balaban J connectivity index is 1.70. The van der Waals surface area contributed by atoms with Crippen LogP contribution in [0.25, 0.3) is 0 Å². The number of benzene rings is 1. The van der Waals surface area contributed by atoms with Crippen molar-refractivity contribution in [3.63, 3.8) is 0 Å². The van der Waals surface area contributed by atoms with E-state index in [1.165, 1.54) is 37.8 Å². The molecule has 1 aliphatic heterocycles. The van der Waals surface area contributed by atoms with Crippen LogP contribution in [0.4, 0.5) is 11.4 Å². The zero-order chi connectivity index (χ0) is 15.6. The Morgan fingerprint density at radius 2 is 1.82 bits per heavy atom. The molecule has 0 radical (unpaired) electrons. The molecule has 1 aromatic carbocycles. The molecule has 1 heterocycles. The first-order valence-electron chi connectivity index (χ1n) is 8.65. The summed E-state index contributed by atoms with van der Waals surface area (Å²) in [6.45, 7) is 5.61. The molecule has 1 amide bonds. The van der Waals surface area contributed by atoms with Gasteiger partial charge in [0.15, 0.2) is 0 Å². The molecule has 2 N–H and O–H groups in total. The average Bonchev–Trinajstić information content (AvgIpc) is 2.58. The van der Waals surface area contributed by atoms with E-state index in [2.05, 4.69) is 46.7 Å².